The highest BCUT2D eigenvalue weighted by molar-refractivity contribution is 6.09. The molecule has 1 aliphatic rings. The molecule has 0 atom stereocenters. The van der Waals surface area contributed by atoms with Crippen LogP contribution in [-0.4, -0.2) is 15.0 Å². The molecule has 0 saturated heterocycles. The lowest BCUT2D eigenvalue weighted by atomic mass is 9.67. The molecule has 11 aromatic rings. The van der Waals surface area contributed by atoms with Crippen molar-refractivity contribution < 1.29 is 4.42 Å². The highest BCUT2D eigenvalue weighted by atomic mass is 16.3. The van der Waals surface area contributed by atoms with E-state index in [0.29, 0.717) is 17.5 Å². The number of aromatic nitrogens is 3. The first-order valence-corrected chi connectivity index (χ1v) is 20.4. The lowest BCUT2D eigenvalue weighted by molar-refractivity contribution is 0.666. The Kier molecular flexibility index (Phi) is 7.72. The van der Waals surface area contributed by atoms with Crippen LogP contribution in [-0.2, 0) is 5.41 Å². The van der Waals surface area contributed by atoms with E-state index in [1.54, 1.807) is 0 Å². The van der Waals surface area contributed by atoms with Crippen molar-refractivity contribution in [1.29, 1.82) is 0 Å². The molecule has 4 nitrogen and oxygen atoms in total. The first-order valence-electron chi connectivity index (χ1n) is 20.4. The maximum atomic E-state index is 6.86. The van der Waals surface area contributed by atoms with Crippen LogP contribution in [0.15, 0.2) is 217 Å². The summed E-state index contributed by atoms with van der Waals surface area (Å²) >= 11 is 0. The summed E-state index contributed by atoms with van der Waals surface area (Å²) in [7, 11) is 0. The Labute approximate surface area is 347 Å². The Morgan fingerprint density at radius 3 is 1.42 bits per heavy atom. The van der Waals surface area contributed by atoms with E-state index in [4.69, 9.17) is 19.4 Å². The standard InChI is InChI=1S/C56H35N3O/c1-4-16-36(17-5-1)53-57-54(37-18-6-2-7-19-37)59-55(58-53)48-33-32-41(42-22-10-11-23-43(42)48)38-28-30-46-47-31-29-40(35-52(47)60-51(46)34-38)56(39-20-8-3-9-21-39)49-26-14-12-24-44(49)45-25-13-15-27-50(45)56/h1-35H. The van der Waals surface area contributed by atoms with Gasteiger partial charge in [0.05, 0.1) is 5.41 Å². The van der Waals surface area contributed by atoms with Crippen molar-refractivity contribution in [3.05, 3.63) is 235 Å². The zero-order valence-electron chi connectivity index (χ0n) is 32.5. The summed E-state index contributed by atoms with van der Waals surface area (Å²) in [5.74, 6) is 1.92. The van der Waals surface area contributed by atoms with Gasteiger partial charge in [-0.3, -0.25) is 0 Å². The van der Waals surface area contributed by atoms with E-state index in [1.807, 2.05) is 60.7 Å². The second-order valence-corrected chi connectivity index (χ2v) is 15.5. The molecule has 2 heterocycles. The second-order valence-electron chi connectivity index (χ2n) is 15.5. The third-order valence-electron chi connectivity index (χ3n) is 12.2. The number of hydrogen-bond donors (Lipinski definition) is 0. The summed E-state index contributed by atoms with van der Waals surface area (Å²) in [6, 6.07) is 75.1. The molecule has 0 fully saturated rings. The number of benzene rings is 9. The van der Waals surface area contributed by atoms with E-state index in [9.17, 15) is 0 Å². The average Bonchev–Trinajstić information content (AvgIpc) is 3.85. The molecule has 12 rings (SSSR count). The van der Waals surface area contributed by atoms with Crippen molar-refractivity contribution in [3.8, 4) is 56.4 Å². The van der Waals surface area contributed by atoms with Crippen LogP contribution < -0.4 is 0 Å². The summed E-state index contributed by atoms with van der Waals surface area (Å²) < 4.78 is 6.86. The molecule has 0 spiro atoms. The minimum atomic E-state index is -0.490. The summed E-state index contributed by atoms with van der Waals surface area (Å²) in [4.78, 5) is 15.1. The van der Waals surface area contributed by atoms with Gasteiger partial charge < -0.3 is 4.42 Å². The third kappa shape index (κ3) is 5.21. The fraction of sp³-hybridized carbons (Fsp3) is 0.0179. The number of hydrogen-bond acceptors (Lipinski definition) is 4. The van der Waals surface area contributed by atoms with Gasteiger partial charge in [-0.2, -0.15) is 0 Å². The molecule has 0 aliphatic heterocycles. The van der Waals surface area contributed by atoms with Crippen LogP contribution in [0.1, 0.15) is 22.3 Å². The predicted octanol–water partition coefficient (Wildman–Crippen LogP) is 14.0. The summed E-state index contributed by atoms with van der Waals surface area (Å²) in [6.07, 6.45) is 0. The topological polar surface area (TPSA) is 51.8 Å². The van der Waals surface area contributed by atoms with Crippen LogP contribution in [0.3, 0.4) is 0 Å². The normalized spacial score (nSPS) is 12.8. The number of nitrogens with zero attached hydrogens (tertiary/aromatic N) is 3. The maximum Gasteiger partial charge on any atom is 0.164 e. The van der Waals surface area contributed by atoms with Crippen molar-refractivity contribution in [2.75, 3.05) is 0 Å². The molecular weight excluding hydrogens is 731 g/mol. The maximum absolute atomic E-state index is 6.86. The Morgan fingerprint density at radius 2 is 0.783 bits per heavy atom. The van der Waals surface area contributed by atoms with Gasteiger partial charge in [-0.05, 0) is 79.5 Å². The molecule has 280 valence electrons. The molecule has 0 N–H and O–H groups in total. The predicted molar refractivity (Wildman–Crippen MR) is 244 cm³/mol. The first-order chi connectivity index (χ1) is 29.7. The Balaban J connectivity index is 0.995. The van der Waals surface area contributed by atoms with Crippen LogP contribution in [0.2, 0.25) is 0 Å². The van der Waals surface area contributed by atoms with Gasteiger partial charge in [0.1, 0.15) is 11.2 Å². The van der Waals surface area contributed by atoms with Crippen molar-refractivity contribution in [2.45, 2.75) is 5.41 Å². The van der Waals surface area contributed by atoms with Crippen LogP contribution in [0.5, 0.6) is 0 Å². The molecule has 60 heavy (non-hydrogen) atoms. The van der Waals surface area contributed by atoms with Gasteiger partial charge in [0.15, 0.2) is 17.5 Å². The van der Waals surface area contributed by atoms with Crippen LogP contribution in [0.25, 0.3) is 89.1 Å². The summed E-state index contributed by atoms with van der Waals surface area (Å²) in [5, 5.41) is 4.37. The first kappa shape index (κ1) is 34.1. The SMILES string of the molecule is c1ccc(-c2nc(-c3ccccc3)nc(-c3ccc(-c4ccc5c(c4)oc4cc(C6(c7ccccc7)c7ccccc7-c7ccccc76)ccc45)c4ccccc34)n2)cc1. The molecule has 0 saturated carbocycles. The molecule has 0 amide bonds. The average molecular weight is 766 g/mol. The number of fused-ring (bicyclic) bond motifs is 7. The van der Waals surface area contributed by atoms with Gasteiger partial charge >= 0.3 is 0 Å². The number of rotatable bonds is 6. The Morgan fingerprint density at radius 1 is 0.300 bits per heavy atom. The van der Waals surface area contributed by atoms with Crippen LogP contribution in [0.4, 0.5) is 0 Å². The van der Waals surface area contributed by atoms with E-state index >= 15 is 0 Å². The third-order valence-corrected chi connectivity index (χ3v) is 12.2. The molecule has 0 radical (unpaired) electrons. The van der Waals surface area contributed by atoms with Crippen molar-refractivity contribution in [2.24, 2.45) is 0 Å². The largest absolute Gasteiger partial charge is 0.456 e. The van der Waals surface area contributed by atoms with E-state index < -0.39 is 5.41 Å². The minimum absolute atomic E-state index is 0.490. The molecule has 1 aliphatic carbocycles. The molecule has 2 aromatic heterocycles. The molecular formula is C56H35N3O. The second kappa shape index (κ2) is 13.6. The number of furan rings is 1. The lowest BCUT2D eigenvalue weighted by Crippen LogP contribution is -2.28. The Hall–Kier alpha value is -7.95. The Bertz CT molecular complexity index is 3330. The smallest absolute Gasteiger partial charge is 0.164 e. The monoisotopic (exact) mass is 765 g/mol. The molecule has 9 aromatic carbocycles. The van der Waals surface area contributed by atoms with Gasteiger partial charge in [-0.1, -0.05) is 188 Å². The summed E-state index contributed by atoms with van der Waals surface area (Å²) in [6.45, 7) is 0. The van der Waals surface area contributed by atoms with E-state index in [0.717, 1.165) is 60.5 Å². The van der Waals surface area contributed by atoms with Crippen molar-refractivity contribution >= 4 is 32.7 Å². The van der Waals surface area contributed by atoms with Gasteiger partial charge in [-0.15, -0.1) is 0 Å². The highest BCUT2D eigenvalue weighted by Gasteiger charge is 2.46. The summed E-state index contributed by atoms with van der Waals surface area (Å²) in [5.41, 5.74) is 13.8. The molecule has 0 unspecified atom stereocenters. The minimum Gasteiger partial charge on any atom is -0.456 e. The van der Waals surface area contributed by atoms with Crippen LogP contribution in [0, 0.1) is 0 Å². The van der Waals surface area contributed by atoms with Gasteiger partial charge in [0, 0.05) is 27.5 Å². The van der Waals surface area contributed by atoms with E-state index in [1.165, 1.54) is 33.4 Å². The van der Waals surface area contributed by atoms with Crippen molar-refractivity contribution in [3.63, 3.8) is 0 Å². The van der Waals surface area contributed by atoms with Gasteiger partial charge in [-0.25, -0.2) is 15.0 Å². The molecule has 4 heteroatoms. The van der Waals surface area contributed by atoms with Gasteiger partial charge in [0.2, 0.25) is 0 Å². The fourth-order valence-electron chi connectivity index (χ4n) is 9.56. The zero-order chi connectivity index (χ0) is 39.6. The van der Waals surface area contributed by atoms with Crippen molar-refractivity contribution in [1.82, 2.24) is 15.0 Å². The van der Waals surface area contributed by atoms with Gasteiger partial charge in [0.25, 0.3) is 0 Å². The van der Waals surface area contributed by atoms with Crippen LogP contribution >= 0.6 is 0 Å². The van der Waals surface area contributed by atoms with E-state index in [-0.39, 0.29) is 0 Å². The highest BCUT2D eigenvalue weighted by Crippen LogP contribution is 2.56. The lowest BCUT2D eigenvalue weighted by Gasteiger charge is -2.33. The van der Waals surface area contributed by atoms with E-state index in [2.05, 4.69) is 152 Å². The molecule has 0 bridgehead atoms. The quantitative estimate of drug-likeness (QED) is 0.169. The zero-order valence-corrected chi connectivity index (χ0v) is 32.5. The fourth-order valence-corrected chi connectivity index (χ4v) is 9.56.